The molecule has 0 amide bonds. The van der Waals surface area contributed by atoms with Crippen molar-refractivity contribution in [3.8, 4) is 22.6 Å². The number of phenols is 2. The van der Waals surface area contributed by atoms with Crippen LogP contribution in [-0.4, -0.2) is 10.2 Å². The summed E-state index contributed by atoms with van der Waals surface area (Å²) in [5.41, 5.74) is 6.21. The number of hydrogen-bond donors (Lipinski definition) is 2. The fourth-order valence-electron chi connectivity index (χ4n) is 3.41. The van der Waals surface area contributed by atoms with E-state index in [0.29, 0.717) is 12.0 Å². The SMILES string of the molecule is CCCCCc1cc(O)c(C/C=C(\C)CCC=C(C)C)c(O)c1-c1ccsc1. The average Bonchev–Trinajstić information content (AvgIpc) is 3.15. The van der Waals surface area contributed by atoms with Crippen molar-refractivity contribution in [1.29, 1.82) is 0 Å². The molecule has 2 nitrogen and oxygen atoms in total. The second-order valence-electron chi connectivity index (χ2n) is 7.80. The van der Waals surface area contributed by atoms with Crippen molar-refractivity contribution >= 4 is 11.3 Å². The van der Waals surface area contributed by atoms with Crippen LogP contribution in [-0.2, 0) is 12.8 Å². The van der Waals surface area contributed by atoms with Gasteiger partial charge in [-0.1, -0.05) is 43.1 Å². The summed E-state index contributed by atoms with van der Waals surface area (Å²) in [7, 11) is 0. The number of aryl methyl sites for hydroxylation is 1. The van der Waals surface area contributed by atoms with E-state index in [1.165, 1.54) is 11.1 Å². The number of allylic oxidation sites excluding steroid dienone is 4. The van der Waals surface area contributed by atoms with E-state index in [9.17, 15) is 10.2 Å². The Morgan fingerprint density at radius 1 is 1.11 bits per heavy atom. The van der Waals surface area contributed by atoms with Crippen LogP contribution in [0.5, 0.6) is 11.5 Å². The molecule has 0 aliphatic rings. The number of aromatic hydroxyl groups is 2. The van der Waals surface area contributed by atoms with Gasteiger partial charge in [0.05, 0.1) is 0 Å². The first-order chi connectivity index (χ1) is 13.4. The van der Waals surface area contributed by atoms with Crippen molar-refractivity contribution in [1.82, 2.24) is 0 Å². The third-order valence-corrected chi connectivity index (χ3v) is 5.75. The molecule has 3 heteroatoms. The fourth-order valence-corrected chi connectivity index (χ4v) is 4.05. The van der Waals surface area contributed by atoms with Gasteiger partial charge in [-0.15, -0.1) is 0 Å². The fraction of sp³-hybridized carbons (Fsp3) is 0.440. The second kappa shape index (κ2) is 11.1. The van der Waals surface area contributed by atoms with Gasteiger partial charge >= 0.3 is 0 Å². The quantitative estimate of drug-likeness (QED) is 0.317. The normalized spacial score (nSPS) is 11.6. The van der Waals surface area contributed by atoms with Crippen molar-refractivity contribution in [3.63, 3.8) is 0 Å². The van der Waals surface area contributed by atoms with E-state index < -0.39 is 0 Å². The van der Waals surface area contributed by atoms with Crippen LogP contribution in [0.15, 0.2) is 46.2 Å². The Labute approximate surface area is 174 Å². The highest BCUT2D eigenvalue weighted by molar-refractivity contribution is 7.08. The Balaban J connectivity index is 2.30. The van der Waals surface area contributed by atoms with Crippen molar-refractivity contribution in [3.05, 3.63) is 57.3 Å². The van der Waals surface area contributed by atoms with E-state index in [0.717, 1.165) is 55.2 Å². The lowest BCUT2D eigenvalue weighted by Gasteiger charge is -2.16. The van der Waals surface area contributed by atoms with E-state index in [2.05, 4.69) is 45.2 Å². The van der Waals surface area contributed by atoms with Gasteiger partial charge in [-0.3, -0.25) is 0 Å². The van der Waals surface area contributed by atoms with Crippen molar-refractivity contribution < 1.29 is 10.2 Å². The van der Waals surface area contributed by atoms with Crippen LogP contribution < -0.4 is 0 Å². The Morgan fingerprint density at radius 3 is 2.54 bits per heavy atom. The molecule has 0 unspecified atom stereocenters. The first kappa shape index (κ1) is 22.3. The molecular weight excluding hydrogens is 364 g/mol. The zero-order valence-electron chi connectivity index (χ0n) is 17.7. The van der Waals surface area contributed by atoms with E-state index in [-0.39, 0.29) is 11.5 Å². The molecule has 1 heterocycles. The van der Waals surface area contributed by atoms with Gasteiger partial charge in [0.15, 0.2) is 0 Å². The van der Waals surface area contributed by atoms with E-state index in [1.807, 2.05) is 17.5 Å². The standard InChI is InChI=1S/C25H34O2S/c1-5-6-7-11-20-16-23(26)22(13-12-19(4)10-8-9-18(2)3)25(27)24(20)21-14-15-28-17-21/h9,12,14-17,26-27H,5-8,10-11,13H2,1-4H3/b19-12+. The molecule has 2 N–H and O–H groups in total. The van der Waals surface area contributed by atoms with Crippen molar-refractivity contribution in [2.45, 2.75) is 72.6 Å². The maximum atomic E-state index is 11.0. The van der Waals surface area contributed by atoms with Gasteiger partial charge in [0.25, 0.3) is 0 Å². The second-order valence-corrected chi connectivity index (χ2v) is 8.58. The molecule has 1 aromatic carbocycles. The largest absolute Gasteiger partial charge is 0.508 e. The summed E-state index contributed by atoms with van der Waals surface area (Å²) in [6.07, 6.45) is 11.2. The van der Waals surface area contributed by atoms with Gasteiger partial charge in [0, 0.05) is 11.1 Å². The summed E-state index contributed by atoms with van der Waals surface area (Å²) in [5.74, 6) is 0.439. The molecule has 0 atom stereocenters. The highest BCUT2D eigenvalue weighted by Gasteiger charge is 2.18. The monoisotopic (exact) mass is 398 g/mol. The molecule has 2 aromatic rings. The zero-order chi connectivity index (χ0) is 20.5. The topological polar surface area (TPSA) is 40.5 Å². The number of rotatable bonds is 10. The minimum Gasteiger partial charge on any atom is -0.508 e. The van der Waals surface area contributed by atoms with Crippen LogP contribution in [0.25, 0.3) is 11.1 Å². The van der Waals surface area contributed by atoms with Gasteiger partial charge in [-0.2, -0.15) is 11.3 Å². The molecule has 0 aliphatic heterocycles. The predicted octanol–water partition coefficient (Wildman–Crippen LogP) is 7.79. The lowest BCUT2D eigenvalue weighted by molar-refractivity contribution is 0.440. The summed E-state index contributed by atoms with van der Waals surface area (Å²) in [4.78, 5) is 0. The van der Waals surface area contributed by atoms with Crippen LogP contribution in [0.1, 0.15) is 70.9 Å². The molecule has 0 saturated heterocycles. The molecular formula is C25H34O2S. The van der Waals surface area contributed by atoms with Crippen molar-refractivity contribution in [2.24, 2.45) is 0 Å². The number of thiophene rings is 1. The minimum atomic E-state index is 0.205. The lowest BCUT2D eigenvalue weighted by atomic mass is 9.92. The van der Waals surface area contributed by atoms with Gasteiger partial charge < -0.3 is 10.2 Å². The first-order valence-electron chi connectivity index (χ1n) is 10.3. The summed E-state index contributed by atoms with van der Waals surface area (Å²) < 4.78 is 0. The number of unbranched alkanes of at least 4 members (excludes halogenated alkanes) is 2. The molecule has 152 valence electrons. The molecule has 0 aliphatic carbocycles. The molecule has 0 saturated carbocycles. The summed E-state index contributed by atoms with van der Waals surface area (Å²) in [5, 5.41) is 25.8. The van der Waals surface area contributed by atoms with E-state index >= 15 is 0 Å². The number of phenolic OH excluding ortho intramolecular Hbond substituents is 2. The van der Waals surface area contributed by atoms with Gasteiger partial charge in [-0.05, 0) is 86.9 Å². The number of benzene rings is 1. The highest BCUT2D eigenvalue weighted by Crippen LogP contribution is 2.42. The average molecular weight is 399 g/mol. The molecule has 0 radical (unpaired) electrons. The maximum absolute atomic E-state index is 11.0. The van der Waals surface area contributed by atoms with E-state index in [1.54, 1.807) is 11.3 Å². The lowest BCUT2D eigenvalue weighted by Crippen LogP contribution is -1.96. The Morgan fingerprint density at radius 2 is 1.89 bits per heavy atom. The third-order valence-electron chi connectivity index (χ3n) is 5.07. The van der Waals surface area contributed by atoms with E-state index in [4.69, 9.17) is 0 Å². The van der Waals surface area contributed by atoms with Crippen LogP contribution >= 0.6 is 11.3 Å². The Hall–Kier alpha value is -2.00. The van der Waals surface area contributed by atoms with Crippen molar-refractivity contribution in [2.75, 3.05) is 0 Å². The van der Waals surface area contributed by atoms with Gasteiger partial charge in [0.1, 0.15) is 11.5 Å². The molecule has 0 fully saturated rings. The van der Waals surface area contributed by atoms with Gasteiger partial charge in [-0.25, -0.2) is 0 Å². The Bertz CT molecular complexity index is 810. The summed E-state index contributed by atoms with van der Waals surface area (Å²) in [6.45, 7) is 8.53. The summed E-state index contributed by atoms with van der Waals surface area (Å²) in [6, 6.07) is 3.91. The number of hydrogen-bond acceptors (Lipinski definition) is 3. The maximum Gasteiger partial charge on any atom is 0.130 e. The van der Waals surface area contributed by atoms with Crippen LogP contribution in [0.2, 0.25) is 0 Å². The third kappa shape index (κ3) is 6.27. The molecule has 0 spiro atoms. The Kier molecular flexibility index (Phi) is 8.85. The molecule has 1 aromatic heterocycles. The van der Waals surface area contributed by atoms with Crippen LogP contribution in [0.3, 0.4) is 0 Å². The smallest absolute Gasteiger partial charge is 0.130 e. The highest BCUT2D eigenvalue weighted by atomic mass is 32.1. The van der Waals surface area contributed by atoms with Gasteiger partial charge in [0.2, 0.25) is 0 Å². The van der Waals surface area contributed by atoms with Crippen LogP contribution in [0.4, 0.5) is 0 Å². The molecule has 0 bridgehead atoms. The molecule has 2 rings (SSSR count). The predicted molar refractivity (Wildman–Crippen MR) is 122 cm³/mol. The van der Waals surface area contributed by atoms with Crippen LogP contribution in [0, 0.1) is 0 Å². The first-order valence-corrected chi connectivity index (χ1v) is 11.3. The minimum absolute atomic E-state index is 0.205. The zero-order valence-corrected chi connectivity index (χ0v) is 18.5. The molecule has 28 heavy (non-hydrogen) atoms. The summed E-state index contributed by atoms with van der Waals surface area (Å²) >= 11 is 1.63.